The number of ether oxygens (including phenoxy) is 1. The molecule has 40 heavy (non-hydrogen) atoms. The zero-order valence-electron chi connectivity index (χ0n) is 22.4. The molecule has 2 aliphatic rings. The van der Waals surface area contributed by atoms with Gasteiger partial charge in [-0.05, 0) is 61.7 Å². The number of hydrogen-bond acceptors (Lipinski definition) is 4. The Kier molecular flexibility index (Phi) is 9.19. The van der Waals surface area contributed by atoms with Gasteiger partial charge in [0.2, 0.25) is 10.0 Å². The number of carbonyl (C=O) groups is 1. The van der Waals surface area contributed by atoms with Crippen LogP contribution in [0.3, 0.4) is 0 Å². The molecular formula is C27H32Cl2F3N3O4S. The lowest BCUT2D eigenvalue weighted by Crippen LogP contribution is -2.50. The van der Waals surface area contributed by atoms with Crippen molar-refractivity contribution in [1.82, 2.24) is 14.1 Å². The van der Waals surface area contributed by atoms with Gasteiger partial charge in [0, 0.05) is 51.1 Å². The molecule has 0 spiro atoms. The van der Waals surface area contributed by atoms with E-state index < -0.39 is 27.9 Å². The molecule has 0 radical (unpaired) electrons. The average molecular weight is 623 g/mol. The number of amides is 2. The van der Waals surface area contributed by atoms with Crippen molar-refractivity contribution in [3.05, 3.63) is 63.6 Å². The highest BCUT2D eigenvalue weighted by molar-refractivity contribution is 7.88. The van der Waals surface area contributed by atoms with Crippen LogP contribution in [0.1, 0.15) is 36.8 Å². The lowest BCUT2D eigenvalue weighted by molar-refractivity contribution is -0.137. The summed E-state index contributed by atoms with van der Waals surface area (Å²) in [7, 11) is -1.77. The molecular weight excluding hydrogens is 590 g/mol. The van der Waals surface area contributed by atoms with E-state index in [1.807, 2.05) is 13.0 Å². The first-order chi connectivity index (χ1) is 18.6. The summed E-state index contributed by atoms with van der Waals surface area (Å²) >= 11 is 12.4. The van der Waals surface area contributed by atoms with Gasteiger partial charge in [0.15, 0.2) is 0 Å². The minimum Gasteiger partial charge on any atom is -0.490 e. The highest BCUT2D eigenvalue weighted by atomic mass is 35.5. The van der Waals surface area contributed by atoms with Crippen LogP contribution < -0.4 is 4.74 Å². The Labute approximate surface area is 242 Å². The fourth-order valence-electron chi connectivity index (χ4n) is 5.47. The lowest BCUT2D eigenvalue weighted by atomic mass is 9.85. The second kappa shape index (κ2) is 12.0. The molecule has 0 N–H and O–H groups in total. The van der Waals surface area contributed by atoms with Gasteiger partial charge < -0.3 is 14.5 Å². The summed E-state index contributed by atoms with van der Waals surface area (Å²) < 4.78 is 70.2. The van der Waals surface area contributed by atoms with Gasteiger partial charge >= 0.3 is 12.2 Å². The van der Waals surface area contributed by atoms with E-state index in [-0.39, 0.29) is 23.9 Å². The second-order valence-electron chi connectivity index (χ2n) is 10.5. The van der Waals surface area contributed by atoms with Gasteiger partial charge in [-0.15, -0.1) is 0 Å². The van der Waals surface area contributed by atoms with E-state index in [2.05, 4.69) is 0 Å². The highest BCUT2D eigenvalue weighted by Gasteiger charge is 2.42. The Balaban J connectivity index is 1.50. The van der Waals surface area contributed by atoms with E-state index in [4.69, 9.17) is 27.9 Å². The fraction of sp³-hybridized carbons (Fsp3) is 0.519. The number of alkyl halides is 3. The highest BCUT2D eigenvalue weighted by Crippen LogP contribution is 2.39. The van der Waals surface area contributed by atoms with E-state index in [9.17, 15) is 26.4 Å². The van der Waals surface area contributed by atoms with Gasteiger partial charge in [0.1, 0.15) is 11.9 Å². The van der Waals surface area contributed by atoms with E-state index >= 15 is 0 Å². The van der Waals surface area contributed by atoms with Crippen molar-refractivity contribution in [1.29, 1.82) is 0 Å². The van der Waals surface area contributed by atoms with Crippen molar-refractivity contribution in [2.75, 3.05) is 39.5 Å². The largest absolute Gasteiger partial charge is 0.490 e. The molecule has 2 fully saturated rings. The summed E-state index contributed by atoms with van der Waals surface area (Å²) in [5.41, 5.74) is 0.122. The van der Waals surface area contributed by atoms with Gasteiger partial charge in [-0.2, -0.15) is 13.2 Å². The predicted molar refractivity (Wildman–Crippen MR) is 148 cm³/mol. The molecule has 2 heterocycles. The zero-order chi connectivity index (χ0) is 29.4. The molecule has 4 rings (SSSR count). The van der Waals surface area contributed by atoms with Crippen molar-refractivity contribution in [2.24, 2.45) is 5.92 Å². The van der Waals surface area contributed by atoms with E-state index in [1.54, 1.807) is 29.0 Å². The molecule has 220 valence electrons. The van der Waals surface area contributed by atoms with E-state index in [1.165, 1.54) is 22.7 Å². The molecule has 2 aromatic carbocycles. The smallest absolute Gasteiger partial charge is 0.416 e. The van der Waals surface area contributed by atoms with E-state index in [0.29, 0.717) is 54.8 Å². The number of benzene rings is 2. The molecule has 0 aromatic heterocycles. The number of nitrogens with zero attached hydrogens (tertiary/aromatic N) is 3. The summed E-state index contributed by atoms with van der Waals surface area (Å²) in [4.78, 5) is 17.0. The Hall–Kier alpha value is -2.21. The second-order valence-corrected chi connectivity index (χ2v) is 13.3. The van der Waals surface area contributed by atoms with Gasteiger partial charge in [-0.1, -0.05) is 29.3 Å². The van der Waals surface area contributed by atoms with Crippen LogP contribution in [0.4, 0.5) is 18.0 Å². The van der Waals surface area contributed by atoms with Crippen LogP contribution in [0.5, 0.6) is 5.75 Å². The molecule has 0 saturated carbocycles. The number of urea groups is 1. The lowest BCUT2D eigenvalue weighted by Gasteiger charge is -2.37. The number of sulfonamides is 1. The predicted octanol–water partition coefficient (Wildman–Crippen LogP) is 5.97. The zero-order valence-corrected chi connectivity index (χ0v) is 24.7. The first kappa shape index (κ1) is 30.7. The van der Waals surface area contributed by atoms with Crippen LogP contribution in [0.15, 0.2) is 42.5 Å². The summed E-state index contributed by atoms with van der Waals surface area (Å²) in [6.07, 6.45) is -2.63. The van der Waals surface area contributed by atoms with Crippen LogP contribution in [0.25, 0.3) is 0 Å². The first-order valence-corrected chi connectivity index (χ1v) is 15.5. The molecule has 7 nitrogen and oxygen atoms in total. The molecule has 2 amide bonds. The van der Waals surface area contributed by atoms with Crippen LogP contribution in [-0.4, -0.2) is 80.2 Å². The molecule has 2 aliphatic heterocycles. The van der Waals surface area contributed by atoms with Gasteiger partial charge in [0.25, 0.3) is 0 Å². The maximum atomic E-state index is 13.6. The third-order valence-corrected chi connectivity index (χ3v) is 9.97. The summed E-state index contributed by atoms with van der Waals surface area (Å²) in [6.45, 7) is 3.46. The molecule has 3 unspecified atom stereocenters. The minimum atomic E-state index is -4.44. The SMILES string of the molecule is CC(Oc1ccc(C(F)(F)F)cc1)C1CN(C(=O)N2CCC(N(C)S(C)(=O)=O)CC2)CC1c1ccc(Cl)c(Cl)c1. The molecule has 2 saturated heterocycles. The summed E-state index contributed by atoms with van der Waals surface area (Å²) in [6, 6.07) is 9.57. The quantitative estimate of drug-likeness (QED) is 0.398. The van der Waals surface area contributed by atoms with Gasteiger partial charge in [-0.25, -0.2) is 17.5 Å². The molecule has 3 atom stereocenters. The topological polar surface area (TPSA) is 70.2 Å². The Morgan fingerprint density at radius 3 is 2.20 bits per heavy atom. The van der Waals surface area contributed by atoms with Gasteiger partial charge in [0.05, 0.1) is 21.9 Å². The first-order valence-electron chi connectivity index (χ1n) is 12.9. The Bertz CT molecular complexity index is 1320. The molecule has 0 aliphatic carbocycles. The third kappa shape index (κ3) is 6.98. The number of carbonyl (C=O) groups excluding carboxylic acids is 1. The van der Waals surface area contributed by atoms with Crippen LogP contribution in [0, 0.1) is 5.92 Å². The van der Waals surface area contributed by atoms with Crippen LogP contribution in [0.2, 0.25) is 10.0 Å². The Morgan fingerprint density at radius 1 is 1.02 bits per heavy atom. The average Bonchev–Trinajstić information content (AvgIpc) is 3.34. The Morgan fingerprint density at radius 2 is 1.65 bits per heavy atom. The normalized spacial score (nSPS) is 21.6. The maximum Gasteiger partial charge on any atom is 0.416 e. The number of rotatable bonds is 6. The number of likely N-dealkylation sites (tertiary alicyclic amines) is 2. The van der Waals surface area contributed by atoms with Crippen molar-refractivity contribution in [3.8, 4) is 5.75 Å². The third-order valence-electron chi connectivity index (χ3n) is 7.89. The standard InChI is InChI=1S/C27H32Cl2F3N3O4S/c1-17(39-21-7-5-19(6-8-21)27(30,31)32)22-15-35(16-23(22)18-4-9-24(28)25(29)14-18)26(36)34-12-10-20(11-13-34)33(2)40(3,37)38/h4-9,14,17,20,22-23H,10-13,15-16H2,1-3H3. The summed E-state index contributed by atoms with van der Waals surface area (Å²) in [5, 5.41) is 0.792. The molecule has 13 heteroatoms. The molecule has 2 aromatic rings. The van der Waals surface area contributed by atoms with Crippen molar-refractivity contribution >= 4 is 39.3 Å². The van der Waals surface area contributed by atoms with Crippen molar-refractivity contribution in [2.45, 2.75) is 44.0 Å². The van der Waals surface area contributed by atoms with E-state index in [0.717, 1.165) is 17.7 Å². The minimum absolute atomic E-state index is 0.144. The van der Waals surface area contributed by atoms with Crippen LogP contribution in [-0.2, 0) is 16.2 Å². The van der Waals surface area contributed by atoms with Crippen molar-refractivity contribution in [3.63, 3.8) is 0 Å². The fourth-order valence-corrected chi connectivity index (χ4v) is 6.53. The maximum absolute atomic E-state index is 13.6. The molecule has 0 bridgehead atoms. The number of halogens is 5. The van der Waals surface area contributed by atoms with Crippen molar-refractivity contribution < 1.29 is 31.1 Å². The monoisotopic (exact) mass is 621 g/mol. The summed E-state index contributed by atoms with van der Waals surface area (Å²) in [5.74, 6) is -0.0373. The van der Waals surface area contributed by atoms with Gasteiger partial charge in [-0.3, -0.25) is 0 Å². The number of hydrogen-bond donors (Lipinski definition) is 0. The van der Waals surface area contributed by atoms with Crippen LogP contribution >= 0.6 is 23.2 Å². The number of piperidine rings is 1.